The lowest BCUT2D eigenvalue weighted by Gasteiger charge is -2.31. The van der Waals surface area contributed by atoms with E-state index >= 15 is 4.39 Å². The first kappa shape index (κ1) is 28.7. The topological polar surface area (TPSA) is 132 Å². The summed E-state index contributed by atoms with van der Waals surface area (Å²) < 4.78 is 79.4. The Hall–Kier alpha value is -4.85. The first-order valence-corrected chi connectivity index (χ1v) is 12.4. The van der Waals surface area contributed by atoms with Gasteiger partial charge in [0.15, 0.2) is 5.75 Å². The van der Waals surface area contributed by atoms with Gasteiger partial charge in [0.1, 0.15) is 18.1 Å². The van der Waals surface area contributed by atoms with Crippen LogP contribution in [0.5, 0.6) is 5.75 Å². The molecule has 2 amide bonds. The van der Waals surface area contributed by atoms with E-state index in [9.17, 15) is 32.3 Å². The summed E-state index contributed by atoms with van der Waals surface area (Å²) >= 11 is 0. The predicted octanol–water partition coefficient (Wildman–Crippen LogP) is 3.60. The number of fused-ring (bicyclic) bond motifs is 1. The van der Waals surface area contributed by atoms with E-state index in [4.69, 9.17) is 10.5 Å². The molecule has 0 saturated carbocycles. The molecule has 4 aromatic rings. The van der Waals surface area contributed by atoms with Gasteiger partial charge < -0.3 is 20.9 Å². The van der Waals surface area contributed by atoms with Crippen molar-refractivity contribution in [3.63, 3.8) is 0 Å². The molecule has 9 nitrogen and oxygen atoms in total. The van der Waals surface area contributed by atoms with Crippen LogP contribution < -0.4 is 15.8 Å². The van der Waals surface area contributed by atoms with Crippen molar-refractivity contribution in [1.29, 1.82) is 0 Å². The van der Waals surface area contributed by atoms with Crippen LogP contribution >= 0.6 is 0 Å². The van der Waals surface area contributed by atoms with Crippen LogP contribution in [0.15, 0.2) is 66.9 Å². The Labute approximate surface area is 234 Å². The number of nitrogens with two attached hydrogens (primary N) is 1. The fourth-order valence-electron chi connectivity index (χ4n) is 4.48. The van der Waals surface area contributed by atoms with Crippen molar-refractivity contribution in [2.45, 2.75) is 24.4 Å². The Balaban J connectivity index is 1.56. The third kappa shape index (κ3) is 4.83. The zero-order valence-electron chi connectivity index (χ0n) is 21.7. The number of pyridine rings is 1. The lowest BCUT2D eigenvalue weighted by atomic mass is 9.90. The zero-order chi connectivity index (χ0) is 30.4. The maximum atomic E-state index is 15.6. The van der Waals surface area contributed by atoms with E-state index in [1.165, 1.54) is 17.8 Å². The minimum Gasteiger partial charge on any atom is -0.487 e. The SMILES string of the molecule is Cc1nn(-c2ccccc2)cc1C(=O)NC[C@](O)(c1cc2c(c(-c3ccc(F)cc3)n1)OC[C@]2(F)C(N)=O)C(F)(F)F. The molecule has 42 heavy (non-hydrogen) atoms. The molecular weight excluding hydrogens is 565 g/mol. The van der Waals surface area contributed by atoms with Crippen molar-refractivity contribution in [3.05, 3.63) is 95.2 Å². The molecular formula is C28H22F5N5O4. The Morgan fingerprint density at radius 1 is 1.14 bits per heavy atom. The maximum absolute atomic E-state index is 15.6. The number of alkyl halides is 4. The molecule has 4 N–H and O–H groups in total. The number of para-hydroxylation sites is 1. The van der Waals surface area contributed by atoms with E-state index in [2.05, 4.69) is 15.4 Å². The number of aryl methyl sites for hydroxylation is 1. The van der Waals surface area contributed by atoms with Gasteiger partial charge in [0, 0.05) is 17.3 Å². The Morgan fingerprint density at radius 3 is 2.43 bits per heavy atom. The van der Waals surface area contributed by atoms with Gasteiger partial charge in [-0.25, -0.2) is 18.4 Å². The number of ether oxygens (including phenoxy) is 1. The molecule has 1 aliphatic heterocycles. The van der Waals surface area contributed by atoms with Gasteiger partial charge in [-0.1, -0.05) is 18.2 Å². The van der Waals surface area contributed by atoms with E-state index in [0.29, 0.717) is 11.8 Å². The number of carbonyl (C=O) groups is 2. The molecule has 0 radical (unpaired) electrons. The summed E-state index contributed by atoms with van der Waals surface area (Å²) in [5, 5.41) is 17.3. The van der Waals surface area contributed by atoms with Crippen LogP contribution in [-0.2, 0) is 16.1 Å². The molecule has 2 atom stereocenters. The number of nitrogens with zero attached hydrogens (tertiary/aromatic N) is 3. The van der Waals surface area contributed by atoms with Crippen LogP contribution in [0.25, 0.3) is 16.9 Å². The quantitative estimate of drug-likeness (QED) is 0.283. The number of halogens is 5. The van der Waals surface area contributed by atoms with Crippen molar-refractivity contribution >= 4 is 11.8 Å². The van der Waals surface area contributed by atoms with Gasteiger partial charge in [0.25, 0.3) is 17.5 Å². The second kappa shape index (κ2) is 10.2. The van der Waals surface area contributed by atoms with Crippen molar-refractivity contribution in [2.75, 3.05) is 13.2 Å². The van der Waals surface area contributed by atoms with Crippen LogP contribution in [-0.4, -0.2) is 51.0 Å². The largest absolute Gasteiger partial charge is 0.487 e. The first-order chi connectivity index (χ1) is 19.7. The summed E-state index contributed by atoms with van der Waals surface area (Å²) in [5.74, 6) is -3.61. The van der Waals surface area contributed by atoms with Gasteiger partial charge >= 0.3 is 6.18 Å². The van der Waals surface area contributed by atoms with Crippen LogP contribution in [0.1, 0.15) is 27.3 Å². The number of aliphatic hydroxyl groups is 1. The monoisotopic (exact) mass is 587 g/mol. The average molecular weight is 588 g/mol. The molecule has 0 saturated heterocycles. The first-order valence-electron chi connectivity index (χ1n) is 12.4. The van der Waals surface area contributed by atoms with E-state index in [1.54, 1.807) is 30.3 Å². The number of benzene rings is 2. The van der Waals surface area contributed by atoms with Gasteiger partial charge in [0.2, 0.25) is 5.60 Å². The highest BCUT2D eigenvalue weighted by Gasteiger charge is 2.58. The van der Waals surface area contributed by atoms with Crippen molar-refractivity contribution in [1.82, 2.24) is 20.1 Å². The maximum Gasteiger partial charge on any atom is 0.424 e. The summed E-state index contributed by atoms with van der Waals surface area (Å²) in [6.45, 7) is -0.925. The highest BCUT2D eigenvalue weighted by Crippen LogP contribution is 2.48. The summed E-state index contributed by atoms with van der Waals surface area (Å²) in [4.78, 5) is 28.9. The summed E-state index contributed by atoms with van der Waals surface area (Å²) in [5.41, 5.74) is -3.26. The van der Waals surface area contributed by atoms with Gasteiger partial charge in [-0.2, -0.15) is 18.3 Å². The molecule has 1 aliphatic rings. The number of hydrogen-bond donors (Lipinski definition) is 3. The second-order valence-corrected chi connectivity index (χ2v) is 9.64. The highest BCUT2D eigenvalue weighted by molar-refractivity contribution is 5.95. The average Bonchev–Trinajstić information content (AvgIpc) is 3.52. The van der Waals surface area contributed by atoms with E-state index in [-0.39, 0.29) is 16.8 Å². The van der Waals surface area contributed by atoms with Crippen molar-refractivity contribution < 1.29 is 41.4 Å². The van der Waals surface area contributed by atoms with E-state index in [0.717, 1.165) is 24.3 Å². The molecule has 0 spiro atoms. The smallest absolute Gasteiger partial charge is 0.424 e. The number of amides is 2. The Bertz CT molecular complexity index is 1680. The molecule has 2 aromatic carbocycles. The van der Waals surface area contributed by atoms with Gasteiger partial charge in [-0.3, -0.25) is 9.59 Å². The molecule has 0 aliphatic carbocycles. The van der Waals surface area contributed by atoms with Crippen LogP contribution in [0.4, 0.5) is 22.0 Å². The van der Waals surface area contributed by atoms with Gasteiger partial charge in [0.05, 0.1) is 29.2 Å². The number of carbonyl (C=O) groups excluding carboxylic acids is 2. The van der Waals surface area contributed by atoms with Crippen LogP contribution in [0.2, 0.25) is 0 Å². The minimum atomic E-state index is -5.46. The summed E-state index contributed by atoms with van der Waals surface area (Å²) in [6, 6.07) is 13.4. The fraction of sp³-hybridized carbons (Fsp3) is 0.214. The zero-order valence-corrected chi connectivity index (χ0v) is 21.7. The van der Waals surface area contributed by atoms with Crippen molar-refractivity contribution in [3.8, 4) is 22.7 Å². The molecule has 2 aromatic heterocycles. The number of hydrogen-bond acceptors (Lipinski definition) is 6. The van der Waals surface area contributed by atoms with Crippen LogP contribution in [0, 0.1) is 12.7 Å². The number of nitrogens with one attached hydrogen (secondary N) is 1. The molecule has 0 bridgehead atoms. The standard InChI is InChI=1S/C28H22F5N5O4/c1-15-19(12-38(37-15)18-5-3-2-4-6-18)24(39)35-13-27(41,28(31,32)33)21-11-20-23(42-14-26(20,30)25(34)40)22(36-21)16-7-9-17(29)10-8-16/h2-12,41H,13-14H2,1H3,(H2,34,40)(H,35,39)/t26-,27+/m1/s1. The molecule has 3 heterocycles. The second-order valence-electron chi connectivity index (χ2n) is 9.64. The minimum absolute atomic E-state index is 0.000677. The number of aromatic nitrogens is 3. The highest BCUT2D eigenvalue weighted by atomic mass is 19.4. The van der Waals surface area contributed by atoms with Gasteiger partial charge in [-0.05, 0) is 49.4 Å². The molecule has 0 unspecified atom stereocenters. The lowest BCUT2D eigenvalue weighted by molar-refractivity contribution is -0.265. The third-order valence-corrected chi connectivity index (χ3v) is 6.89. The molecule has 14 heteroatoms. The molecule has 5 rings (SSSR count). The van der Waals surface area contributed by atoms with Crippen LogP contribution in [0.3, 0.4) is 0 Å². The number of primary amides is 1. The van der Waals surface area contributed by atoms with Crippen molar-refractivity contribution in [2.24, 2.45) is 5.73 Å². The molecule has 0 fully saturated rings. The van der Waals surface area contributed by atoms with Gasteiger partial charge in [-0.15, -0.1) is 0 Å². The predicted molar refractivity (Wildman–Crippen MR) is 138 cm³/mol. The third-order valence-electron chi connectivity index (χ3n) is 6.89. The Morgan fingerprint density at radius 2 is 1.81 bits per heavy atom. The number of rotatable bonds is 7. The van der Waals surface area contributed by atoms with E-state index in [1.807, 2.05) is 0 Å². The fourth-order valence-corrected chi connectivity index (χ4v) is 4.48. The summed E-state index contributed by atoms with van der Waals surface area (Å²) in [7, 11) is 0. The Kier molecular flexibility index (Phi) is 6.97. The normalized spacial score (nSPS) is 17.7. The van der Waals surface area contributed by atoms with E-state index < -0.39 is 70.9 Å². The lowest BCUT2D eigenvalue weighted by Crippen LogP contribution is -2.51. The molecule has 218 valence electrons. The summed E-state index contributed by atoms with van der Waals surface area (Å²) in [6.07, 6.45) is -4.15.